The van der Waals surface area contributed by atoms with Crippen LogP contribution in [0.3, 0.4) is 0 Å². The Morgan fingerprint density at radius 1 is 1.12 bits per heavy atom. The predicted molar refractivity (Wildman–Crippen MR) is 94.7 cm³/mol. The minimum Gasteiger partial charge on any atom is -0.365 e. The molecule has 1 aromatic heterocycles. The lowest BCUT2D eigenvalue weighted by molar-refractivity contribution is 0.102. The number of aromatic amines is 1. The number of hydrogen-bond donors (Lipinski definition) is 3. The van der Waals surface area contributed by atoms with Crippen molar-refractivity contribution in [2.45, 2.75) is 45.1 Å². The molecule has 130 valence electrons. The largest absolute Gasteiger partial charge is 0.365 e. The van der Waals surface area contributed by atoms with E-state index in [0.717, 1.165) is 5.69 Å². The molecule has 0 aliphatic rings. The zero-order valence-electron chi connectivity index (χ0n) is 14.5. The summed E-state index contributed by atoms with van der Waals surface area (Å²) in [6.45, 7) is 8.85. The molecule has 24 heavy (non-hydrogen) atoms. The van der Waals surface area contributed by atoms with E-state index in [9.17, 15) is 13.2 Å². The molecule has 0 atom stereocenters. The zero-order valence-corrected chi connectivity index (χ0v) is 15.3. The summed E-state index contributed by atoms with van der Waals surface area (Å²) >= 11 is 0. The van der Waals surface area contributed by atoms with Gasteiger partial charge in [-0.15, -0.1) is 0 Å². The maximum atomic E-state index is 12.6. The van der Waals surface area contributed by atoms with Crippen LogP contribution in [-0.4, -0.2) is 24.8 Å². The molecule has 0 radical (unpaired) electrons. The van der Waals surface area contributed by atoms with Crippen LogP contribution in [-0.2, 0) is 10.0 Å². The molecular formula is C17H23N3O3S. The molecule has 0 fully saturated rings. The zero-order chi connectivity index (χ0) is 18.1. The topological polar surface area (TPSA) is 91.1 Å². The molecule has 1 amide bonds. The quantitative estimate of drug-likeness (QED) is 0.792. The lowest BCUT2D eigenvalue weighted by Crippen LogP contribution is -2.40. The monoisotopic (exact) mass is 349 g/mol. The third kappa shape index (κ3) is 4.24. The van der Waals surface area contributed by atoms with Crippen molar-refractivity contribution in [2.75, 3.05) is 5.32 Å². The maximum absolute atomic E-state index is 12.6. The Labute approximate surface area is 142 Å². The highest BCUT2D eigenvalue weighted by molar-refractivity contribution is 7.89. The van der Waals surface area contributed by atoms with Crippen molar-refractivity contribution in [3.05, 3.63) is 47.3 Å². The fourth-order valence-corrected chi connectivity index (χ4v) is 4.01. The summed E-state index contributed by atoms with van der Waals surface area (Å²) in [5.41, 5.74) is 1.73. The first kappa shape index (κ1) is 18.2. The highest BCUT2D eigenvalue weighted by atomic mass is 32.2. The van der Waals surface area contributed by atoms with Gasteiger partial charge >= 0.3 is 0 Å². The minimum atomic E-state index is -3.68. The summed E-state index contributed by atoms with van der Waals surface area (Å²) in [4.78, 5) is 15.4. The van der Waals surface area contributed by atoms with Crippen LogP contribution in [0.1, 0.15) is 42.4 Å². The van der Waals surface area contributed by atoms with E-state index in [2.05, 4.69) is 15.0 Å². The Hall–Kier alpha value is -2.12. The smallest absolute Gasteiger partial charge is 0.257 e. The van der Waals surface area contributed by atoms with E-state index in [1.165, 1.54) is 6.07 Å². The molecule has 2 rings (SSSR count). The van der Waals surface area contributed by atoms with Gasteiger partial charge in [-0.25, -0.2) is 13.1 Å². The molecule has 0 unspecified atom stereocenters. The fourth-order valence-electron chi connectivity index (χ4n) is 2.32. The Balaban J connectivity index is 2.32. The number of sulfonamides is 1. The number of carbonyl (C=O) groups is 1. The van der Waals surface area contributed by atoms with Gasteiger partial charge in [0.1, 0.15) is 0 Å². The van der Waals surface area contributed by atoms with Gasteiger partial charge in [-0.05, 0) is 58.4 Å². The molecule has 1 heterocycles. The van der Waals surface area contributed by atoms with E-state index in [1.807, 2.05) is 0 Å². The first-order valence-corrected chi connectivity index (χ1v) is 9.08. The van der Waals surface area contributed by atoms with Crippen LogP contribution < -0.4 is 10.0 Å². The average molecular weight is 349 g/mol. The van der Waals surface area contributed by atoms with Crippen molar-refractivity contribution in [3.63, 3.8) is 0 Å². The second-order valence-corrected chi connectivity index (χ2v) is 8.46. The van der Waals surface area contributed by atoms with Crippen molar-refractivity contribution in [1.29, 1.82) is 0 Å². The van der Waals surface area contributed by atoms with Crippen LogP contribution in [0.25, 0.3) is 0 Å². The normalized spacial score (nSPS) is 12.2. The van der Waals surface area contributed by atoms with Gasteiger partial charge in [0.05, 0.1) is 10.5 Å². The molecular weight excluding hydrogens is 326 g/mol. The van der Waals surface area contributed by atoms with Gasteiger partial charge in [0.25, 0.3) is 5.91 Å². The van der Waals surface area contributed by atoms with Gasteiger partial charge in [-0.2, -0.15) is 0 Å². The Kier molecular flexibility index (Phi) is 4.87. The Bertz CT molecular complexity index is 861. The first-order chi connectivity index (χ1) is 11.0. The van der Waals surface area contributed by atoms with Crippen molar-refractivity contribution >= 4 is 21.6 Å². The summed E-state index contributed by atoms with van der Waals surface area (Å²) in [5, 5.41) is 2.74. The van der Waals surface area contributed by atoms with Crippen molar-refractivity contribution < 1.29 is 13.2 Å². The van der Waals surface area contributed by atoms with E-state index < -0.39 is 15.6 Å². The van der Waals surface area contributed by atoms with Crippen LogP contribution >= 0.6 is 0 Å². The molecule has 1 aromatic carbocycles. The van der Waals surface area contributed by atoms with Crippen LogP contribution in [0.5, 0.6) is 0 Å². The second kappa shape index (κ2) is 6.41. The number of carbonyl (C=O) groups excluding carboxylic acids is 1. The van der Waals surface area contributed by atoms with Crippen LogP contribution in [0.2, 0.25) is 0 Å². The number of aryl methyl sites for hydroxylation is 2. The number of amides is 1. The highest BCUT2D eigenvalue weighted by Gasteiger charge is 2.24. The van der Waals surface area contributed by atoms with Gasteiger partial charge in [-0.1, -0.05) is 6.07 Å². The summed E-state index contributed by atoms with van der Waals surface area (Å²) in [5.74, 6) is -0.287. The molecule has 6 nitrogen and oxygen atoms in total. The fraction of sp³-hybridized carbons (Fsp3) is 0.353. The van der Waals surface area contributed by atoms with E-state index >= 15 is 0 Å². The number of nitrogens with one attached hydrogen (secondary N) is 3. The summed E-state index contributed by atoms with van der Waals surface area (Å²) in [6.07, 6.45) is 1.68. The minimum absolute atomic E-state index is 0.154. The number of aromatic nitrogens is 1. The average Bonchev–Trinajstić information content (AvgIpc) is 2.84. The molecule has 0 aliphatic carbocycles. The second-order valence-electron chi connectivity index (χ2n) is 6.81. The summed E-state index contributed by atoms with van der Waals surface area (Å²) in [7, 11) is -3.68. The molecule has 7 heteroatoms. The van der Waals surface area contributed by atoms with E-state index in [1.54, 1.807) is 59.0 Å². The maximum Gasteiger partial charge on any atom is 0.257 e. The third-order valence-electron chi connectivity index (χ3n) is 3.37. The summed E-state index contributed by atoms with van der Waals surface area (Å²) < 4.78 is 27.7. The van der Waals surface area contributed by atoms with Crippen molar-refractivity contribution in [1.82, 2.24) is 9.71 Å². The molecule has 3 N–H and O–H groups in total. The highest BCUT2D eigenvalue weighted by Crippen LogP contribution is 2.22. The van der Waals surface area contributed by atoms with E-state index in [4.69, 9.17) is 0 Å². The SMILES string of the molecule is Cc1ccc(NC(=O)c2cc[nH]c2C)cc1S(=O)(=O)NC(C)(C)C. The molecule has 2 aromatic rings. The van der Waals surface area contributed by atoms with E-state index in [0.29, 0.717) is 16.8 Å². The van der Waals surface area contributed by atoms with Gasteiger partial charge < -0.3 is 10.3 Å². The first-order valence-electron chi connectivity index (χ1n) is 7.59. The third-order valence-corrected chi connectivity index (χ3v) is 5.27. The van der Waals surface area contributed by atoms with Gasteiger partial charge in [0.2, 0.25) is 10.0 Å². The van der Waals surface area contributed by atoms with Crippen molar-refractivity contribution in [2.24, 2.45) is 0 Å². The molecule has 0 spiro atoms. The van der Waals surface area contributed by atoms with Crippen LogP contribution in [0.4, 0.5) is 5.69 Å². The van der Waals surface area contributed by atoms with Crippen LogP contribution in [0.15, 0.2) is 35.4 Å². The standard InChI is InChI=1S/C17H23N3O3S/c1-11-6-7-13(19-16(21)14-8-9-18-12(14)2)10-15(11)24(22,23)20-17(3,4)5/h6-10,18,20H,1-5H3,(H,19,21). The number of hydrogen-bond acceptors (Lipinski definition) is 3. The lowest BCUT2D eigenvalue weighted by Gasteiger charge is -2.21. The number of anilines is 1. The van der Waals surface area contributed by atoms with Crippen LogP contribution in [0, 0.1) is 13.8 Å². The number of H-pyrrole nitrogens is 1. The van der Waals surface area contributed by atoms with E-state index in [-0.39, 0.29) is 10.8 Å². The summed E-state index contributed by atoms with van der Waals surface area (Å²) in [6, 6.07) is 6.52. The predicted octanol–water partition coefficient (Wildman–Crippen LogP) is 2.96. The van der Waals surface area contributed by atoms with Gasteiger partial charge in [0, 0.05) is 23.1 Å². The molecule has 0 saturated heterocycles. The van der Waals surface area contributed by atoms with Gasteiger partial charge in [0.15, 0.2) is 0 Å². The molecule has 0 bridgehead atoms. The van der Waals surface area contributed by atoms with Gasteiger partial charge in [-0.3, -0.25) is 4.79 Å². The Morgan fingerprint density at radius 3 is 2.33 bits per heavy atom. The molecule has 0 saturated carbocycles. The number of rotatable bonds is 4. The lowest BCUT2D eigenvalue weighted by atomic mass is 10.1. The molecule has 0 aliphatic heterocycles. The van der Waals surface area contributed by atoms with Crippen molar-refractivity contribution in [3.8, 4) is 0 Å². The Morgan fingerprint density at radius 2 is 1.79 bits per heavy atom. The number of benzene rings is 1.